The van der Waals surface area contributed by atoms with Crippen molar-refractivity contribution in [2.75, 3.05) is 5.32 Å². The van der Waals surface area contributed by atoms with Crippen molar-refractivity contribution in [3.05, 3.63) is 64.8 Å². The second kappa shape index (κ2) is 9.04. The molecule has 0 radical (unpaired) electrons. The van der Waals surface area contributed by atoms with Gasteiger partial charge in [0.1, 0.15) is 5.75 Å². The van der Waals surface area contributed by atoms with E-state index < -0.39 is 0 Å². The molecule has 1 aliphatic rings. The van der Waals surface area contributed by atoms with Crippen LogP contribution in [-0.4, -0.2) is 32.9 Å². The Bertz CT molecular complexity index is 1170. The van der Waals surface area contributed by atoms with Gasteiger partial charge >= 0.3 is 6.03 Å². The predicted molar refractivity (Wildman–Crippen MR) is 124 cm³/mol. The maximum atomic E-state index is 12.7. The second-order valence-corrected chi connectivity index (χ2v) is 8.67. The molecule has 2 aromatic carbocycles. The van der Waals surface area contributed by atoms with E-state index in [-0.39, 0.29) is 29.6 Å². The molecule has 3 aromatic rings. The molecule has 0 unspecified atom stereocenters. The summed E-state index contributed by atoms with van der Waals surface area (Å²) in [5.41, 5.74) is 2.56. The third kappa shape index (κ3) is 4.48. The Hall–Kier alpha value is -3.32. The molecule has 2 amide bonds. The fourth-order valence-corrected chi connectivity index (χ4v) is 3.88. The van der Waals surface area contributed by atoms with Gasteiger partial charge in [0.2, 0.25) is 0 Å². The highest BCUT2D eigenvalue weighted by Crippen LogP contribution is 2.39. The summed E-state index contributed by atoms with van der Waals surface area (Å²) >= 11 is 6.12. The van der Waals surface area contributed by atoms with E-state index in [1.165, 1.54) is 10.7 Å². The fraction of sp³-hybridized carbons (Fsp3) is 0.292. The number of hydrogen-bond acceptors (Lipinski definition) is 4. The molecule has 32 heavy (non-hydrogen) atoms. The van der Waals surface area contributed by atoms with Gasteiger partial charge in [-0.15, -0.1) is 0 Å². The molecule has 1 aromatic heterocycles. The lowest BCUT2D eigenvalue weighted by Crippen LogP contribution is -2.36. The van der Waals surface area contributed by atoms with E-state index in [4.69, 9.17) is 11.6 Å². The molecule has 3 N–H and O–H groups in total. The quantitative estimate of drug-likeness (QED) is 0.452. The Morgan fingerprint density at radius 2 is 1.91 bits per heavy atom. The Morgan fingerprint density at radius 1 is 1.16 bits per heavy atom. The van der Waals surface area contributed by atoms with E-state index in [0.717, 1.165) is 25.0 Å². The first-order valence-corrected chi connectivity index (χ1v) is 11.0. The summed E-state index contributed by atoms with van der Waals surface area (Å²) in [7, 11) is 0. The number of anilines is 1. The van der Waals surface area contributed by atoms with Gasteiger partial charge in [-0.05, 0) is 63.1 Å². The standard InChI is InChI=1S/C24H25ClN4O3/c1-14(2)26-24(32)29-21(15-6-5-7-15)13-20(28-29)18-12-16(10-11-22(18)30)27-23(31)17-8-3-4-9-19(17)25/h3-4,8-15,30H,5-7H2,1-2H3,(H,26,32)(H,27,31). The molecule has 1 saturated carbocycles. The summed E-state index contributed by atoms with van der Waals surface area (Å²) in [6.07, 6.45) is 3.12. The van der Waals surface area contributed by atoms with Crippen LogP contribution < -0.4 is 10.6 Å². The summed E-state index contributed by atoms with van der Waals surface area (Å²) in [5, 5.41) is 21.0. The van der Waals surface area contributed by atoms with Crippen molar-refractivity contribution >= 4 is 29.2 Å². The van der Waals surface area contributed by atoms with Crippen LogP contribution in [0.25, 0.3) is 11.3 Å². The molecule has 0 saturated heterocycles. The van der Waals surface area contributed by atoms with Crippen molar-refractivity contribution in [3.63, 3.8) is 0 Å². The highest BCUT2D eigenvalue weighted by atomic mass is 35.5. The molecule has 166 valence electrons. The van der Waals surface area contributed by atoms with E-state index >= 15 is 0 Å². The van der Waals surface area contributed by atoms with E-state index in [0.29, 0.717) is 27.5 Å². The number of benzene rings is 2. The summed E-state index contributed by atoms with van der Waals surface area (Å²) in [6, 6.07) is 13.0. The Kier molecular flexibility index (Phi) is 6.19. The number of phenols is 1. The molecule has 4 rings (SSSR count). The smallest absolute Gasteiger partial charge is 0.342 e. The number of aromatic nitrogens is 2. The third-order valence-corrected chi connectivity index (χ3v) is 5.84. The Balaban J connectivity index is 1.66. The molecule has 1 fully saturated rings. The second-order valence-electron chi connectivity index (χ2n) is 8.26. The lowest BCUT2D eigenvalue weighted by Gasteiger charge is -2.25. The highest BCUT2D eigenvalue weighted by molar-refractivity contribution is 6.34. The van der Waals surface area contributed by atoms with Crippen LogP contribution in [-0.2, 0) is 0 Å². The third-order valence-electron chi connectivity index (χ3n) is 5.51. The van der Waals surface area contributed by atoms with E-state index in [9.17, 15) is 14.7 Å². The van der Waals surface area contributed by atoms with Gasteiger partial charge in [0, 0.05) is 23.2 Å². The van der Waals surface area contributed by atoms with Crippen LogP contribution >= 0.6 is 11.6 Å². The number of nitrogens with one attached hydrogen (secondary N) is 2. The van der Waals surface area contributed by atoms with Gasteiger partial charge in [-0.2, -0.15) is 9.78 Å². The molecule has 7 nitrogen and oxygen atoms in total. The first kappa shape index (κ1) is 21.9. The Morgan fingerprint density at radius 3 is 2.56 bits per heavy atom. The van der Waals surface area contributed by atoms with Crippen LogP contribution in [0.2, 0.25) is 5.02 Å². The highest BCUT2D eigenvalue weighted by Gasteiger charge is 2.28. The number of amides is 2. The number of carbonyl (C=O) groups is 2. The van der Waals surface area contributed by atoms with Crippen molar-refractivity contribution in [2.45, 2.75) is 45.1 Å². The number of rotatable bonds is 5. The number of phenolic OH excluding ortho intramolecular Hbond substituents is 1. The van der Waals surface area contributed by atoms with Crippen LogP contribution in [0.4, 0.5) is 10.5 Å². The minimum absolute atomic E-state index is 0.00909. The Labute approximate surface area is 191 Å². The average molecular weight is 453 g/mol. The first-order chi connectivity index (χ1) is 15.3. The van der Waals surface area contributed by atoms with E-state index in [2.05, 4.69) is 15.7 Å². The molecule has 1 heterocycles. The molecule has 0 aliphatic heterocycles. The molecular formula is C24H25ClN4O3. The van der Waals surface area contributed by atoms with Crippen molar-refractivity contribution in [3.8, 4) is 17.0 Å². The molecular weight excluding hydrogens is 428 g/mol. The monoisotopic (exact) mass is 452 g/mol. The van der Waals surface area contributed by atoms with Crippen LogP contribution in [0.1, 0.15) is 55.1 Å². The van der Waals surface area contributed by atoms with Crippen molar-refractivity contribution < 1.29 is 14.7 Å². The molecule has 0 atom stereocenters. The van der Waals surface area contributed by atoms with Crippen LogP contribution in [0.3, 0.4) is 0 Å². The van der Waals surface area contributed by atoms with Gasteiger partial charge in [-0.1, -0.05) is 30.2 Å². The number of aromatic hydroxyl groups is 1. The number of carbonyl (C=O) groups excluding carboxylic acids is 2. The van der Waals surface area contributed by atoms with Gasteiger partial charge < -0.3 is 15.7 Å². The summed E-state index contributed by atoms with van der Waals surface area (Å²) in [5.74, 6) is -0.0847. The maximum Gasteiger partial charge on any atom is 0.342 e. The zero-order valence-corrected chi connectivity index (χ0v) is 18.7. The van der Waals surface area contributed by atoms with E-state index in [1.54, 1.807) is 36.4 Å². The SMILES string of the molecule is CC(C)NC(=O)n1nc(-c2cc(NC(=O)c3ccccc3Cl)ccc2O)cc1C1CCC1. The van der Waals surface area contributed by atoms with Crippen LogP contribution in [0.15, 0.2) is 48.5 Å². The van der Waals surface area contributed by atoms with Gasteiger partial charge in [-0.25, -0.2) is 4.79 Å². The normalized spacial score (nSPS) is 13.6. The van der Waals surface area contributed by atoms with Gasteiger partial charge in [0.05, 0.1) is 22.0 Å². The van der Waals surface area contributed by atoms with Crippen molar-refractivity contribution in [1.82, 2.24) is 15.1 Å². The molecule has 0 bridgehead atoms. The molecule has 0 spiro atoms. The van der Waals surface area contributed by atoms with Gasteiger partial charge in [0.15, 0.2) is 0 Å². The van der Waals surface area contributed by atoms with Gasteiger partial charge in [0.25, 0.3) is 5.91 Å². The topological polar surface area (TPSA) is 96.3 Å². The van der Waals surface area contributed by atoms with Crippen molar-refractivity contribution in [2.24, 2.45) is 0 Å². The number of hydrogen-bond donors (Lipinski definition) is 3. The van der Waals surface area contributed by atoms with E-state index in [1.807, 2.05) is 19.9 Å². The number of halogens is 1. The largest absolute Gasteiger partial charge is 0.507 e. The molecule has 8 heteroatoms. The molecule has 1 aliphatic carbocycles. The predicted octanol–water partition coefficient (Wildman–Crippen LogP) is 5.40. The maximum absolute atomic E-state index is 12.7. The van der Waals surface area contributed by atoms with Crippen molar-refractivity contribution in [1.29, 1.82) is 0 Å². The summed E-state index contributed by atoms with van der Waals surface area (Å²) in [6.45, 7) is 3.78. The average Bonchev–Trinajstić information content (AvgIpc) is 3.12. The summed E-state index contributed by atoms with van der Waals surface area (Å²) in [4.78, 5) is 25.3. The minimum Gasteiger partial charge on any atom is -0.507 e. The zero-order valence-electron chi connectivity index (χ0n) is 17.9. The van der Waals surface area contributed by atoms with Gasteiger partial charge in [-0.3, -0.25) is 4.79 Å². The number of nitrogens with zero attached hydrogens (tertiary/aromatic N) is 2. The lowest BCUT2D eigenvalue weighted by molar-refractivity contribution is 0.102. The summed E-state index contributed by atoms with van der Waals surface area (Å²) < 4.78 is 1.40. The first-order valence-electron chi connectivity index (χ1n) is 10.6. The fourth-order valence-electron chi connectivity index (χ4n) is 3.66. The van der Waals surface area contributed by atoms with Crippen LogP contribution in [0.5, 0.6) is 5.75 Å². The minimum atomic E-state index is -0.357. The van der Waals surface area contributed by atoms with Crippen LogP contribution in [0, 0.1) is 0 Å². The lowest BCUT2D eigenvalue weighted by atomic mass is 9.82. The zero-order chi connectivity index (χ0) is 22.8.